The first-order valence-electron chi connectivity index (χ1n) is 6.48. The molecule has 1 aliphatic carbocycles. The van der Waals surface area contributed by atoms with Crippen molar-refractivity contribution in [3.63, 3.8) is 0 Å². The molecule has 1 atom stereocenters. The highest BCUT2D eigenvalue weighted by Crippen LogP contribution is 2.42. The van der Waals surface area contributed by atoms with Crippen LogP contribution in [0.4, 0.5) is 4.79 Å². The smallest absolute Gasteiger partial charge is 0.327 e. The van der Waals surface area contributed by atoms with Crippen LogP contribution in [0.1, 0.15) is 19.3 Å². The molecule has 19 heavy (non-hydrogen) atoms. The second-order valence-corrected chi connectivity index (χ2v) is 7.45. The van der Waals surface area contributed by atoms with E-state index in [0.29, 0.717) is 18.8 Å². The van der Waals surface area contributed by atoms with Crippen LogP contribution in [-0.2, 0) is 4.79 Å². The number of carbonyl (C=O) groups is 2. The average molecular weight is 304 g/mol. The second kappa shape index (κ2) is 6.26. The van der Waals surface area contributed by atoms with E-state index in [1.54, 1.807) is 23.5 Å². The first-order valence-corrected chi connectivity index (χ1v) is 8.86. The summed E-state index contributed by atoms with van der Waals surface area (Å²) in [4.78, 5) is 24.8. The normalized spacial score (nSPS) is 25.5. The molecule has 1 aliphatic heterocycles. The molecule has 5 nitrogen and oxygen atoms in total. The van der Waals surface area contributed by atoms with Crippen molar-refractivity contribution in [2.75, 3.05) is 30.9 Å². The van der Waals surface area contributed by atoms with Crippen molar-refractivity contribution >= 4 is 35.5 Å². The fourth-order valence-electron chi connectivity index (χ4n) is 2.41. The van der Waals surface area contributed by atoms with Crippen molar-refractivity contribution in [3.8, 4) is 0 Å². The topological polar surface area (TPSA) is 69.6 Å². The maximum Gasteiger partial charge on any atom is 0.327 e. The van der Waals surface area contributed by atoms with E-state index < -0.39 is 12.0 Å². The Kier molecular flexibility index (Phi) is 4.89. The average Bonchev–Trinajstić information content (AvgIpc) is 2.37. The zero-order valence-corrected chi connectivity index (χ0v) is 12.7. The lowest BCUT2D eigenvalue weighted by Crippen LogP contribution is -2.56. The third kappa shape index (κ3) is 3.31. The van der Waals surface area contributed by atoms with Gasteiger partial charge in [0.05, 0.1) is 0 Å². The van der Waals surface area contributed by atoms with Gasteiger partial charge in [0.1, 0.15) is 6.04 Å². The van der Waals surface area contributed by atoms with Gasteiger partial charge in [-0.25, -0.2) is 9.59 Å². The predicted octanol–water partition coefficient (Wildman–Crippen LogP) is 1.48. The maximum absolute atomic E-state index is 12.1. The molecule has 7 heteroatoms. The van der Waals surface area contributed by atoms with Crippen LogP contribution in [0.2, 0.25) is 0 Å². The number of urea groups is 1. The minimum absolute atomic E-state index is 0.179. The zero-order chi connectivity index (χ0) is 13.9. The molecule has 2 rings (SSSR count). The van der Waals surface area contributed by atoms with Crippen LogP contribution in [0.5, 0.6) is 0 Å². The number of carboxylic acids is 1. The predicted molar refractivity (Wildman–Crippen MR) is 79.0 cm³/mol. The molecule has 0 aromatic carbocycles. The lowest BCUT2D eigenvalue weighted by atomic mass is 9.84. The molecule has 0 spiro atoms. The van der Waals surface area contributed by atoms with E-state index in [1.807, 2.05) is 0 Å². The lowest BCUT2D eigenvalue weighted by Gasteiger charge is -2.41. The number of hydrogen-bond donors (Lipinski definition) is 2. The van der Waals surface area contributed by atoms with E-state index in [-0.39, 0.29) is 10.8 Å². The fraction of sp³-hybridized carbons (Fsp3) is 0.833. The second-order valence-electron chi connectivity index (χ2n) is 5.02. The van der Waals surface area contributed by atoms with E-state index >= 15 is 0 Å². The van der Waals surface area contributed by atoms with Gasteiger partial charge >= 0.3 is 12.0 Å². The van der Waals surface area contributed by atoms with Gasteiger partial charge < -0.3 is 15.3 Å². The Morgan fingerprint density at radius 3 is 2.79 bits per heavy atom. The molecule has 0 aromatic rings. The number of nitrogens with one attached hydrogen (secondary N) is 1. The summed E-state index contributed by atoms with van der Waals surface area (Å²) in [5.74, 6) is 0.381. The summed E-state index contributed by atoms with van der Waals surface area (Å²) >= 11 is 3.39. The Labute approximate surface area is 121 Å². The molecule has 2 N–H and O–H groups in total. The Hall–Kier alpha value is -0.560. The van der Waals surface area contributed by atoms with Crippen molar-refractivity contribution < 1.29 is 14.7 Å². The van der Waals surface area contributed by atoms with Crippen molar-refractivity contribution in [1.29, 1.82) is 0 Å². The van der Waals surface area contributed by atoms with Gasteiger partial charge in [-0.3, -0.25) is 0 Å². The van der Waals surface area contributed by atoms with E-state index in [1.165, 1.54) is 11.3 Å². The summed E-state index contributed by atoms with van der Waals surface area (Å²) in [6.45, 7) is 1.16. The molecule has 0 bridgehead atoms. The fourth-order valence-corrected chi connectivity index (χ4v) is 4.37. The number of carbonyl (C=O) groups excluding carboxylic acids is 1. The van der Waals surface area contributed by atoms with E-state index in [4.69, 9.17) is 5.11 Å². The van der Waals surface area contributed by atoms with Crippen molar-refractivity contribution in [2.45, 2.75) is 30.1 Å². The number of aliphatic carboxylic acids is 1. The summed E-state index contributed by atoms with van der Waals surface area (Å²) in [7, 11) is 0. The highest BCUT2D eigenvalue weighted by atomic mass is 32.2. The molecule has 2 amide bonds. The number of nitrogens with zero attached hydrogens (tertiary/aromatic N) is 1. The molecular formula is C12H20N2O3S2. The van der Waals surface area contributed by atoms with Crippen molar-refractivity contribution in [2.24, 2.45) is 0 Å². The van der Waals surface area contributed by atoms with Crippen LogP contribution < -0.4 is 5.32 Å². The number of thioether (sulfide) groups is 2. The van der Waals surface area contributed by atoms with Crippen LogP contribution in [-0.4, -0.2) is 63.6 Å². The van der Waals surface area contributed by atoms with Gasteiger partial charge in [-0.1, -0.05) is 6.42 Å². The third-order valence-corrected chi connectivity index (χ3v) is 6.38. The molecule has 1 heterocycles. The molecule has 2 fully saturated rings. The number of carboxylic acid groups (broad SMARTS) is 1. The van der Waals surface area contributed by atoms with Crippen LogP contribution in [0.25, 0.3) is 0 Å². The Bertz CT molecular complexity index is 355. The van der Waals surface area contributed by atoms with Crippen LogP contribution >= 0.6 is 23.5 Å². The van der Waals surface area contributed by atoms with Gasteiger partial charge in [0, 0.05) is 29.3 Å². The minimum Gasteiger partial charge on any atom is -0.480 e. The summed E-state index contributed by atoms with van der Waals surface area (Å²) in [6.07, 6.45) is 5.55. The summed E-state index contributed by atoms with van der Waals surface area (Å²) < 4.78 is 0.179. The number of amides is 2. The van der Waals surface area contributed by atoms with Gasteiger partial charge in [-0.2, -0.15) is 23.5 Å². The highest BCUT2D eigenvalue weighted by molar-refractivity contribution is 8.00. The van der Waals surface area contributed by atoms with Crippen LogP contribution in [0.15, 0.2) is 0 Å². The molecule has 2 aliphatic rings. The van der Waals surface area contributed by atoms with Crippen LogP contribution in [0.3, 0.4) is 0 Å². The Morgan fingerprint density at radius 2 is 2.26 bits per heavy atom. The Morgan fingerprint density at radius 1 is 1.53 bits per heavy atom. The monoisotopic (exact) mass is 304 g/mol. The van der Waals surface area contributed by atoms with Gasteiger partial charge in [0.25, 0.3) is 0 Å². The molecule has 0 aromatic heterocycles. The van der Waals surface area contributed by atoms with E-state index in [2.05, 4.69) is 11.6 Å². The number of rotatable bonds is 4. The zero-order valence-electron chi connectivity index (χ0n) is 11.1. The summed E-state index contributed by atoms with van der Waals surface area (Å²) in [6, 6.07) is -0.918. The Balaban J connectivity index is 1.89. The van der Waals surface area contributed by atoms with Gasteiger partial charge in [-0.05, 0) is 19.1 Å². The lowest BCUT2D eigenvalue weighted by molar-refractivity contribution is -0.141. The van der Waals surface area contributed by atoms with Crippen molar-refractivity contribution in [3.05, 3.63) is 0 Å². The first-order chi connectivity index (χ1) is 9.08. The quantitative estimate of drug-likeness (QED) is 0.823. The SMILES string of the molecule is CSC1(CNC(=O)N2CCSCC2C(=O)O)CCC1. The largest absolute Gasteiger partial charge is 0.480 e. The van der Waals surface area contributed by atoms with Crippen molar-refractivity contribution in [1.82, 2.24) is 10.2 Å². The molecule has 1 unspecified atom stereocenters. The molecule has 108 valence electrons. The molecular weight excluding hydrogens is 284 g/mol. The standard InChI is InChI=1S/C12H20N2O3S2/c1-18-12(3-2-4-12)8-13-11(17)14-5-6-19-7-9(14)10(15)16/h9H,2-8H2,1H3,(H,13,17)(H,15,16). The third-order valence-electron chi connectivity index (χ3n) is 3.93. The van der Waals surface area contributed by atoms with Gasteiger partial charge in [0.15, 0.2) is 0 Å². The molecule has 1 saturated heterocycles. The minimum atomic E-state index is -0.912. The highest BCUT2D eigenvalue weighted by Gasteiger charge is 2.38. The summed E-state index contributed by atoms with van der Waals surface area (Å²) in [5.41, 5.74) is 0. The summed E-state index contributed by atoms with van der Waals surface area (Å²) in [5, 5.41) is 12.1. The number of hydrogen-bond acceptors (Lipinski definition) is 4. The maximum atomic E-state index is 12.1. The van der Waals surface area contributed by atoms with Crippen LogP contribution in [0, 0.1) is 0 Å². The first kappa shape index (κ1) is 14.8. The van der Waals surface area contributed by atoms with E-state index in [9.17, 15) is 9.59 Å². The van der Waals surface area contributed by atoms with E-state index in [0.717, 1.165) is 18.6 Å². The molecule has 0 radical (unpaired) electrons. The van der Waals surface area contributed by atoms with Gasteiger partial charge in [-0.15, -0.1) is 0 Å². The molecule has 1 saturated carbocycles. The van der Waals surface area contributed by atoms with Gasteiger partial charge in [0.2, 0.25) is 0 Å².